The maximum Gasteiger partial charge on any atom is 0.319 e. The predicted octanol–water partition coefficient (Wildman–Crippen LogP) is 8.18. The highest BCUT2D eigenvalue weighted by atomic mass is 35.5. The smallest absolute Gasteiger partial charge is 0.319 e. The second-order valence-corrected chi connectivity index (χ2v) is 21.7. The molecule has 0 saturated carbocycles. The van der Waals surface area contributed by atoms with Crippen LogP contribution in [0.2, 0.25) is 0 Å². The summed E-state index contributed by atoms with van der Waals surface area (Å²) >= 11 is 8.18. The fourth-order valence-electron chi connectivity index (χ4n) is 6.75. The van der Waals surface area contributed by atoms with Gasteiger partial charge in [0.2, 0.25) is 0 Å². The van der Waals surface area contributed by atoms with Gasteiger partial charge in [-0.3, -0.25) is 4.79 Å². The summed E-state index contributed by atoms with van der Waals surface area (Å²) in [5, 5.41) is 5.19. The molecule has 0 aliphatic carbocycles. The van der Waals surface area contributed by atoms with Crippen molar-refractivity contribution >= 4 is 98.4 Å². The number of pyridine rings is 2. The molecule has 2 saturated heterocycles. The highest BCUT2D eigenvalue weighted by Crippen LogP contribution is 2.35. The Morgan fingerprint density at radius 1 is 0.629 bits per heavy atom. The van der Waals surface area contributed by atoms with Crippen molar-refractivity contribution in [2.24, 2.45) is 0 Å². The van der Waals surface area contributed by atoms with E-state index in [0.717, 1.165) is 100 Å². The SMILES string of the molecule is CN(C)C(=O)Cl.CN(C)C(=O)N1CCC(c2nc3ccc(-c4ccc(S(C)(=O)=O)cc4)nc3s2)CC1.CS(=O)(=O)c1ccc(-c2ccc3nc(C4CCNCC4)sc3n2)cc1.Cl. The first-order valence-electron chi connectivity index (χ1n) is 19.6. The first-order valence-corrected chi connectivity index (χ1v) is 25.4. The van der Waals surface area contributed by atoms with E-state index in [4.69, 9.17) is 31.5 Å². The summed E-state index contributed by atoms with van der Waals surface area (Å²) in [4.78, 5) is 48.2. The van der Waals surface area contributed by atoms with Crippen molar-refractivity contribution in [1.29, 1.82) is 0 Å². The number of rotatable bonds is 6. The van der Waals surface area contributed by atoms with Crippen LogP contribution < -0.4 is 5.32 Å². The highest BCUT2D eigenvalue weighted by molar-refractivity contribution is 7.91. The fourth-order valence-corrected chi connectivity index (χ4v) is 10.2. The zero-order chi connectivity index (χ0) is 44.1. The van der Waals surface area contributed by atoms with Gasteiger partial charge < -0.3 is 20.0 Å². The van der Waals surface area contributed by atoms with Gasteiger partial charge in [-0.05, 0) is 98.9 Å². The quantitative estimate of drug-likeness (QED) is 0.126. The van der Waals surface area contributed by atoms with Gasteiger partial charge in [0.05, 0.1) is 31.2 Å². The molecule has 332 valence electrons. The van der Waals surface area contributed by atoms with E-state index in [1.807, 2.05) is 29.2 Å². The third-order valence-corrected chi connectivity index (χ3v) is 15.1. The Balaban J connectivity index is 0.000000207. The van der Waals surface area contributed by atoms with E-state index in [0.29, 0.717) is 21.6 Å². The lowest BCUT2D eigenvalue weighted by Gasteiger charge is -2.32. The van der Waals surface area contributed by atoms with Crippen LogP contribution in [0.4, 0.5) is 9.59 Å². The molecule has 0 radical (unpaired) electrons. The minimum Gasteiger partial charge on any atom is -0.335 e. The molecule has 0 atom stereocenters. The molecule has 2 aliphatic heterocycles. The summed E-state index contributed by atoms with van der Waals surface area (Å²) in [6.07, 6.45) is 6.47. The minimum absolute atomic E-state index is 0. The van der Waals surface area contributed by atoms with Crippen LogP contribution in [0.3, 0.4) is 0 Å². The summed E-state index contributed by atoms with van der Waals surface area (Å²) in [6.45, 7) is 3.57. The number of amides is 3. The van der Waals surface area contributed by atoms with Crippen LogP contribution in [0.15, 0.2) is 82.6 Å². The number of fused-ring (bicyclic) bond motifs is 2. The lowest BCUT2D eigenvalue weighted by molar-refractivity contribution is 0.156. The highest BCUT2D eigenvalue weighted by Gasteiger charge is 2.27. The number of sulfone groups is 2. The summed E-state index contributed by atoms with van der Waals surface area (Å²) < 4.78 is 46.5. The molecule has 2 fully saturated rings. The van der Waals surface area contributed by atoms with Gasteiger partial charge in [0, 0.05) is 76.8 Å². The van der Waals surface area contributed by atoms with Crippen LogP contribution in [-0.2, 0) is 19.7 Å². The number of piperidine rings is 2. The van der Waals surface area contributed by atoms with Crippen LogP contribution >= 0.6 is 46.7 Å². The summed E-state index contributed by atoms with van der Waals surface area (Å²) in [7, 11) is 0.346. The summed E-state index contributed by atoms with van der Waals surface area (Å²) in [6, 6.07) is 21.5. The van der Waals surface area contributed by atoms with E-state index < -0.39 is 25.0 Å². The van der Waals surface area contributed by atoms with E-state index >= 15 is 0 Å². The van der Waals surface area contributed by atoms with Crippen molar-refractivity contribution in [3.8, 4) is 22.5 Å². The second-order valence-electron chi connectivity index (χ2n) is 15.3. The molecule has 2 aliphatic rings. The number of urea groups is 1. The Morgan fingerprint density at radius 3 is 1.37 bits per heavy atom. The molecule has 0 bridgehead atoms. The van der Waals surface area contributed by atoms with Gasteiger partial charge in [-0.1, -0.05) is 46.9 Å². The molecule has 6 aromatic rings. The van der Waals surface area contributed by atoms with Crippen molar-refractivity contribution in [3.63, 3.8) is 0 Å². The van der Waals surface area contributed by atoms with Crippen LogP contribution in [0.1, 0.15) is 47.5 Å². The number of thiazole rings is 2. The third kappa shape index (κ3) is 12.4. The second kappa shape index (κ2) is 20.9. The number of hydrogen-bond acceptors (Lipinski definition) is 13. The molecule has 8 rings (SSSR count). The largest absolute Gasteiger partial charge is 0.335 e. The predicted molar refractivity (Wildman–Crippen MR) is 252 cm³/mol. The first kappa shape index (κ1) is 48.7. The number of nitrogens with one attached hydrogen (secondary N) is 1. The standard InChI is InChI=1S/C21H24N4O3S2.C18H19N3O2S2.C3H6ClNO.ClH/c1-24(2)21(26)25-12-10-15(11-13-25)19-23-18-9-8-17(22-20(18)29-19)14-4-6-16(7-5-14)30(3,27)28;1-25(22,23)14-4-2-12(3-5-14)15-6-7-16-18(20-15)24-17(21-16)13-8-10-19-11-9-13;1-5(2)3(4)6;/h4-9,15H,10-13H2,1-3H3;2-7,13,19H,8-11H2,1H3;1-2H3;1H. The zero-order valence-electron chi connectivity index (χ0n) is 35.2. The molecule has 14 nitrogen and oxygen atoms in total. The van der Waals surface area contributed by atoms with Crippen LogP contribution in [0.25, 0.3) is 43.2 Å². The lowest BCUT2D eigenvalue weighted by Crippen LogP contribution is -2.43. The van der Waals surface area contributed by atoms with Crippen LogP contribution in [0.5, 0.6) is 0 Å². The van der Waals surface area contributed by atoms with Gasteiger partial charge in [0.1, 0.15) is 20.7 Å². The van der Waals surface area contributed by atoms with Crippen molar-refractivity contribution < 1.29 is 26.4 Å². The van der Waals surface area contributed by atoms with Gasteiger partial charge >= 0.3 is 11.4 Å². The molecule has 6 heterocycles. The maximum absolute atomic E-state index is 12.1. The van der Waals surface area contributed by atoms with Crippen LogP contribution in [0, 0.1) is 0 Å². The van der Waals surface area contributed by atoms with E-state index in [-0.39, 0.29) is 18.4 Å². The van der Waals surface area contributed by atoms with E-state index in [2.05, 4.69) is 5.32 Å². The molecule has 62 heavy (non-hydrogen) atoms. The summed E-state index contributed by atoms with van der Waals surface area (Å²) in [5.74, 6) is 0.867. The van der Waals surface area contributed by atoms with Crippen molar-refractivity contribution in [1.82, 2.24) is 40.0 Å². The lowest BCUT2D eigenvalue weighted by atomic mass is 9.98. The molecular formula is C42H50Cl2N8O6S4. The molecule has 2 aromatic carbocycles. The molecule has 1 N–H and O–H groups in total. The van der Waals surface area contributed by atoms with Crippen molar-refractivity contribution in [2.45, 2.75) is 47.3 Å². The number of likely N-dealkylation sites (tertiary alicyclic amines) is 1. The normalized spacial score (nSPS) is 14.9. The number of benzene rings is 2. The van der Waals surface area contributed by atoms with Gasteiger partial charge in [-0.2, -0.15) is 0 Å². The van der Waals surface area contributed by atoms with Gasteiger partial charge in [-0.25, -0.2) is 41.6 Å². The van der Waals surface area contributed by atoms with E-state index in [9.17, 15) is 26.4 Å². The average molecular weight is 962 g/mol. The number of halogens is 2. The molecule has 0 spiro atoms. The number of hydrogen-bond donors (Lipinski definition) is 1. The third-order valence-electron chi connectivity index (χ3n) is 10.2. The van der Waals surface area contributed by atoms with Gasteiger partial charge in [-0.15, -0.1) is 12.4 Å². The van der Waals surface area contributed by atoms with Gasteiger partial charge in [0.15, 0.2) is 19.7 Å². The van der Waals surface area contributed by atoms with E-state index in [1.165, 1.54) is 22.4 Å². The Morgan fingerprint density at radius 2 is 1.02 bits per heavy atom. The first-order chi connectivity index (χ1) is 28.9. The summed E-state index contributed by atoms with van der Waals surface area (Å²) in [5.41, 5.74) is 5.23. The Kier molecular flexibility index (Phi) is 16.4. The number of aromatic nitrogens is 4. The van der Waals surface area contributed by atoms with E-state index in [1.54, 1.807) is 104 Å². The van der Waals surface area contributed by atoms with Crippen molar-refractivity contribution in [2.75, 3.05) is 66.9 Å². The molecule has 20 heteroatoms. The monoisotopic (exact) mass is 960 g/mol. The van der Waals surface area contributed by atoms with Crippen molar-refractivity contribution in [3.05, 3.63) is 82.8 Å². The Labute approximate surface area is 382 Å². The topological polar surface area (TPSA) is 176 Å². The average Bonchev–Trinajstić information content (AvgIpc) is 3.88. The van der Waals surface area contributed by atoms with Gasteiger partial charge in [0.25, 0.3) is 0 Å². The molecular weight excluding hydrogens is 912 g/mol. The fraction of sp³-hybridized carbons (Fsp3) is 0.381. The number of carbonyl (C=O) groups excluding carboxylic acids is 2. The number of nitrogens with zero attached hydrogens (tertiary/aromatic N) is 7. The minimum atomic E-state index is -3.22. The Bertz CT molecular complexity index is 2720. The maximum atomic E-state index is 12.1. The number of carbonyl (C=O) groups is 2. The molecule has 0 unspecified atom stereocenters. The zero-order valence-corrected chi connectivity index (χ0v) is 40.1. The molecule has 3 amide bonds. The Hall–Kier alpha value is -4.30. The molecule has 4 aromatic heterocycles. The van der Waals surface area contributed by atoms with Crippen LogP contribution in [-0.4, -0.2) is 130 Å².